The van der Waals surface area contributed by atoms with Gasteiger partial charge in [-0.15, -0.1) is 0 Å². The number of phenolic OH excluding ortho intramolecular Hbond substituents is 1. The number of hydrogen-bond acceptors (Lipinski definition) is 6. The number of para-hydroxylation sites is 1. The molecule has 1 unspecified atom stereocenters. The summed E-state index contributed by atoms with van der Waals surface area (Å²) in [4.78, 5) is 3.20. The molecular weight excluding hydrogens is 396 g/mol. The summed E-state index contributed by atoms with van der Waals surface area (Å²) in [5, 5.41) is 23.9. The van der Waals surface area contributed by atoms with Crippen molar-refractivity contribution >= 4 is 21.8 Å². The Hall–Kier alpha value is -3.42. The lowest BCUT2D eigenvalue weighted by molar-refractivity contribution is 0.106. The fourth-order valence-electron chi connectivity index (χ4n) is 3.22. The number of rotatable bonds is 10. The van der Waals surface area contributed by atoms with Crippen molar-refractivity contribution in [2.45, 2.75) is 6.08 Å². The molecule has 1 heterocycles. The summed E-state index contributed by atoms with van der Waals surface area (Å²) in [7, 11) is 1.40. The predicted octanol–water partition coefficient (Wildman–Crippen LogP) is 3.44. The molecule has 0 saturated heterocycles. The quantitative estimate of drug-likeness (QED) is 0.290. The number of methoxy groups -OCH3 is 1. The third-order valence-corrected chi connectivity index (χ3v) is 4.59. The number of H-pyrrole nitrogens is 1. The van der Waals surface area contributed by atoms with E-state index < -0.39 is 19.1 Å². The smallest absolute Gasteiger partial charge is 0.164 e. The molecule has 162 valence electrons. The molecule has 0 aliphatic rings. The Balaban J connectivity index is 1.48. The van der Waals surface area contributed by atoms with Gasteiger partial charge in [-0.3, -0.25) is 0 Å². The SMILES string of the molecule is [2H]C([2H])(NCCOc1ccc(O)cc1OC)C([2H])(O)C([2H])([2H])Oc1cccc2[nH]c3ccccc3c12. The lowest BCUT2D eigenvalue weighted by Gasteiger charge is -2.15. The first-order valence-electron chi connectivity index (χ1n) is 12.1. The van der Waals surface area contributed by atoms with Gasteiger partial charge in [-0.05, 0) is 30.3 Å². The maximum atomic E-state index is 10.7. The molecule has 0 amide bonds. The molecule has 7 nitrogen and oxygen atoms in total. The number of aromatic amines is 1. The normalized spacial score (nSPS) is 16.5. The van der Waals surface area contributed by atoms with Gasteiger partial charge in [0.05, 0.1) is 16.7 Å². The Morgan fingerprint density at radius 2 is 1.87 bits per heavy atom. The minimum Gasteiger partial charge on any atom is -0.508 e. The van der Waals surface area contributed by atoms with Crippen molar-refractivity contribution in [3.05, 3.63) is 60.7 Å². The summed E-state index contributed by atoms with van der Waals surface area (Å²) in [5.74, 6) is 0.605. The minimum atomic E-state index is -3.36. The highest BCUT2D eigenvalue weighted by Crippen LogP contribution is 2.33. The van der Waals surface area contributed by atoms with Gasteiger partial charge in [-0.2, -0.15) is 0 Å². The topological polar surface area (TPSA) is 96.0 Å². The van der Waals surface area contributed by atoms with Crippen molar-refractivity contribution in [3.8, 4) is 23.0 Å². The van der Waals surface area contributed by atoms with Crippen LogP contribution in [0.1, 0.15) is 6.85 Å². The van der Waals surface area contributed by atoms with Gasteiger partial charge in [0.25, 0.3) is 0 Å². The Bertz CT molecular complexity index is 1380. The van der Waals surface area contributed by atoms with E-state index >= 15 is 0 Å². The maximum Gasteiger partial charge on any atom is 0.164 e. The van der Waals surface area contributed by atoms with E-state index in [9.17, 15) is 10.2 Å². The Kier molecular flexibility index (Phi) is 4.76. The molecule has 0 fully saturated rings. The molecular formula is C24H26N2O5. The van der Waals surface area contributed by atoms with Crippen LogP contribution in [-0.2, 0) is 0 Å². The van der Waals surface area contributed by atoms with Gasteiger partial charge in [-0.1, -0.05) is 24.3 Å². The summed E-state index contributed by atoms with van der Waals surface area (Å²) in [6.07, 6.45) is -3.36. The summed E-state index contributed by atoms with van der Waals surface area (Å²) in [5.41, 5.74) is 1.47. The van der Waals surface area contributed by atoms with E-state index in [4.69, 9.17) is 21.1 Å². The lowest BCUT2D eigenvalue weighted by atomic mass is 10.1. The summed E-state index contributed by atoms with van der Waals surface area (Å²) in [6, 6.07) is 16.5. The molecule has 0 aliphatic heterocycles. The first kappa shape index (κ1) is 15.4. The first-order chi connectivity index (χ1) is 17.0. The average Bonchev–Trinajstić information content (AvgIpc) is 3.21. The largest absolute Gasteiger partial charge is 0.508 e. The monoisotopic (exact) mass is 427 g/mol. The molecule has 4 aromatic rings. The number of aromatic hydroxyl groups is 1. The third-order valence-electron chi connectivity index (χ3n) is 4.59. The molecule has 0 bridgehead atoms. The number of phenols is 1. The number of aliphatic hydroxyl groups is 1. The molecule has 4 rings (SSSR count). The number of fused-ring (bicyclic) bond motifs is 3. The first-order valence-corrected chi connectivity index (χ1v) is 9.62. The number of nitrogens with one attached hydrogen (secondary N) is 2. The zero-order chi connectivity index (χ0) is 26.1. The highest BCUT2D eigenvalue weighted by molar-refractivity contribution is 6.10. The van der Waals surface area contributed by atoms with Crippen LogP contribution in [-0.4, -0.2) is 54.6 Å². The molecule has 0 spiro atoms. The van der Waals surface area contributed by atoms with Crippen LogP contribution in [0, 0.1) is 0 Å². The second-order valence-corrected chi connectivity index (χ2v) is 6.64. The second-order valence-electron chi connectivity index (χ2n) is 6.64. The van der Waals surface area contributed by atoms with E-state index in [1.807, 2.05) is 24.3 Å². The van der Waals surface area contributed by atoms with Crippen LogP contribution in [0.4, 0.5) is 0 Å². The van der Waals surface area contributed by atoms with E-state index in [-0.39, 0.29) is 30.4 Å². The molecule has 0 aliphatic carbocycles. The minimum absolute atomic E-state index is 0.0153. The molecule has 1 aromatic heterocycles. The van der Waals surface area contributed by atoms with Gasteiger partial charge in [0.15, 0.2) is 11.5 Å². The Morgan fingerprint density at radius 1 is 1.03 bits per heavy atom. The van der Waals surface area contributed by atoms with Gasteiger partial charge >= 0.3 is 0 Å². The molecule has 0 saturated carbocycles. The van der Waals surface area contributed by atoms with Crippen molar-refractivity contribution in [2.24, 2.45) is 0 Å². The molecule has 0 radical (unpaired) electrons. The fourth-order valence-corrected chi connectivity index (χ4v) is 3.22. The van der Waals surface area contributed by atoms with Crippen LogP contribution in [0.3, 0.4) is 0 Å². The molecule has 7 heteroatoms. The second kappa shape index (κ2) is 9.59. The van der Waals surface area contributed by atoms with Crippen LogP contribution in [0.2, 0.25) is 0 Å². The van der Waals surface area contributed by atoms with E-state index in [0.717, 1.165) is 10.9 Å². The van der Waals surface area contributed by atoms with E-state index in [1.54, 1.807) is 12.1 Å². The standard InChI is InChI=1S/C24H26N2O5/c1-29-23-13-16(27)9-10-21(23)30-12-11-25-14-17(28)15-31-22-8-4-7-20-24(22)18-5-2-3-6-19(18)26-20/h2-10,13,17,25-28H,11-12,14-15H2,1H3/i14D2,15D2,17D. The molecule has 4 N–H and O–H groups in total. The van der Waals surface area contributed by atoms with Crippen molar-refractivity contribution in [1.29, 1.82) is 0 Å². The van der Waals surface area contributed by atoms with E-state index in [0.29, 0.717) is 16.7 Å². The van der Waals surface area contributed by atoms with E-state index in [2.05, 4.69) is 10.3 Å². The van der Waals surface area contributed by atoms with Crippen LogP contribution in [0.5, 0.6) is 23.0 Å². The van der Waals surface area contributed by atoms with Gasteiger partial charge in [0.2, 0.25) is 0 Å². The fraction of sp³-hybridized carbons (Fsp3) is 0.250. The van der Waals surface area contributed by atoms with Crippen LogP contribution < -0.4 is 19.5 Å². The van der Waals surface area contributed by atoms with Gasteiger partial charge in [0, 0.05) is 38.1 Å². The summed E-state index contributed by atoms with van der Waals surface area (Å²) >= 11 is 0. The molecule has 3 aromatic carbocycles. The Labute approximate surface area is 187 Å². The maximum absolute atomic E-state index is 10.7. The van der Waals surface area contributed by atoms with Crippen LogP contribution in [0.25, 0.3) is 21.8 Å². The van der Waals surface area contributed by atoms with E-state index in [1.165, 1.54) is 31.4 Å². The van der Waals surface area contributed by atoms with Gasteiger partial charge in [-0.25, -0.2) is 0 Å². The zero-order valence-corrected chi connectivity index (χ0v) is 16.8. The summed E-state index contributed by atoms with van der Waals surface area (Å²) in [6.45, 7) is -6.38. The van der Waals surface area contributed by atoms with Crippen molar-refractivity contribution in [2.75, 3.05) is 33.3 Å². The number of aromatic nitrogens is 1. The summed E-state index contributed by atoms with van der Waals surface area (Å²) < 4.78 is 57.3. The van der Waals surface area contributed by atoms with Gasteiger partial charge < -0.3 is 34.7 Å². The van der Waals surface area contributed by atoms with Gasteiger partial charge in [0.1, 0.15) is 30.7 Å². The highest BCUT2D eigenvalue weighted by Gasteiger charge is 2.11. The van der Waals surface area contributed by atoms with Crippen molar-refractivity contribution in [1.82, 2.24) is 10.3 Å². The lowest BCUT2D eigenvalue weighted by Crippen LogP contribution is -2.33. The molecule has 1 atom stereocenters. The van der Waals surface area contributed by atoms with Crippen molar-refractivity contribution < 1.29 is 31.3 Å². The highest BCUT2D eigenvalue weighted by atomic mass is 16.5. The van der Waals surface area contributed by atoms with Crippen molar-refractivity contribution in [3.63, 3.8) is 0 Å². The molecule has 31 heavy (non-hydrogen) atoms. The predicted molar refractivity (Wildman–Crippen MR) is 120 cm³/mol. The number of benzene rings is 3. The van der Waals surface area contributed by atoms with Crippen LogP contribution in [0.15, 0.2) is 60.7 Å². The number of ether oxygens (including phenoxy) is 3. The average molecular weight is 428 g/mol. The Morgan fingerprint density at radius 3 is 2.74 bits per heavy atom. The number of hydrogen-bond donors (Lipinski definition) is 4. The third kappa shape index (κ3) is 4.84. The zero-order valence-electron chi connectivity index (χ0n) is 21.8. The van der Waals surface area contributed by atoms with Crippen LogP contribution >= 0.6 is 0 Å².